The fraction of sp³-hybridized carbons (Fsp3) is 0.533. The lowest BCUT2D eigenvalue weighted by Crippen LogP contribution is -2.44. The Bertz CT molecular complexity index is 1100. The molecule has 5 rings (SSSR count). The summed E-state index contributed by atoms with van der Waals surface area (Å²) in [4.78, 5) is 25.7. The maximum Gasteiger partial charge on any atom is 0.220 e. The van der Waals surface area contributed by atoms with Crippen LogP contribution in [0.15, 0.2) is 42.5 Å². The van der Waals surface area contributed by atoms with Crippen molar-refractivity contribution in [2.45, 2.75) is 70.8 Å². The maximum atomic E-state index is 13.2. The number of phenolic OH excluding ortho intramolecular Hbond substituents is 1. The van der Waals surface area contributed by atoms with Crippen molar-refractivity contribution in [2.75, 3.05) is 7.11 Å². The Hall–Kier alpha value is -2.82. The molecule has 3 aliphatic carbocycles. The number of aryl methyl sites for hydroxylation is 1. The number of Topliss-reactive ketones (excluding diaryl/α,β-unsaturated/α-hetero) is 1. The van der Waals surface area contributed by atoms with Crippen molar-refractivity contribution < 1.29 is 19.4 Å². The number of nitrogens with one attached hydrogen (secondary N) is 1. The molecule has 3 aliphatic rings. The minimum Gasteiger partial charge on any atom is -0.504 e. The molecule has 1 amide bonds. The van der Waals surface area contributed by atoms with Crippen LogP contribution in [-0.2, 0) is 22.6 Å². The number of aromatic hydroxyl groups is 1. The van der Waals surface area contributed by atoms with Crippen molar-refractivity contribution in [3.05, 3.63) is 59.2 Å². The summed E-state index contributed by atoms with van der Waals surface area (Å²) < 4.78 is 5.42. The smallest absolute Gasteiger partial charge is 0.220 e. The Morgan fingerprint density at radius 3 is 2.77 bits per heavy atom. The molecule has 2 aromatic carbocycles. The van der Waals surface area contributed by atoms with Crippen LogP contribution in [0, 0.1) is 23.2 Å². The van der Waals surface area contributed by atoms with Gasteiger partial charge in [-0.2, -0.15) is 0 Å². The minimum absolute atomic E-state index is 0.0842. The molecule has 5 atom stereocenters. The Morgan fingerprint density at radius 2 is 2.00 bits per heavy atom. The third-order valence-electron chi connectivity index (χ3n) is 9.18. The predicted molar refractivity (Wildman–Crippen MR) is 135 cm³/mol. The highest BCUT2D eigenvalue weighted by Gasteiger charge is 2.58. The van der Waals surface area contributed by atoms with E-state index in [0.717, 1.165) is 44.1 Å². The third-order valence-corrected chi connectivity index (χ3v) is 9.18. The van der Waals surface area contributed by atoms with Crippen LogP contribution in [0.4, 0.5) is 0 Å². The summed E-state index contributed by atoms with van der Waals surface area (Å²) in [5, 5.41) is 13.3. The Kier molecular flexibility index (Phi) is 6.61. The van der Waals surface area contributed by atoms with Crippen LogP contribution >= 0.6 is 0 Å². The quantitative estimate of drug-likeness (QED) is 0.551. The number of phenols is 1. The number of hydrogen-bond acceptors (Lipinski definition) is 4. The summed E-state index contributed by atoms with van der Waals surface area (Å²) in [6, 6.07) is 13.9. The Labute approximate surface area is 208 Å². The topological polar surface area (TPSA) is 75.6 Å². The predicted octanol–water partition coefficient (Wildman–Crippen LogP) is 5.54. The van der Waals surface area contributed by atoms with Gasteiger partial charge < -0.3 is 15.2 Å². The molecule has 0 spiro atoms. The van der Waals surface area contributed by atoms with Gasteiger partial charge in [-0.05, 0) is 91.0 Å². The molecular weight excluding hydrogens is 438 g/mol. The van der Waals surface area contributed by atoms with Crippen molar-refractivity contribution in [3.63, 3.8) is 0 Å². The lowest BCUT2D eigenvalue weighted by atomic mass is 9.54. The molecule has 5 nitrogen and oxygen atoms in total. The lowest BCUT2D eigenvalue weighted by molar-refractivity contribution is -0.129. The highest BCUT2D eigenvalue weighted by molar-refractivity contribution is 5.87. The molecule has 0 bridgehead atoms. The highest BCUT2D eigenvalue weighted by atomic mass is 16.5. The molecule has 0 aliphatic heterocycles. The van der Waals surface area contributed by atoms with E-state index in [1.807, 2.05) is 42.5 Å². The number of methoxy groups -OCH3 is 1. The van der Waals surface area contributed by atoms with Crippen LogP contribution in [0.5, 0.6) is 11.5 Å². The van der Waals surface area contributed by atoms with Gasteiger partial charge in [-0.3, -0.25) is 9.59 Å². The number of benzene rings is 2. The van der Waals surface area contributed by atoms with Gasteiger partial charge in [0.25, 0.3) is 0 Å². The molecule has 2 saturated carbocycles. The van der Waals surface area contributed by atoms with E-state index in [1.165, 1.54) is 11.1 Å². The van der Waals surface area contributed by atoms with Crippen molar-refractivity contribution in [1.29, 1.82) is 0 Å². The molecule has 2 N–H and O–H groups in total. The average Bonchev–Trinajstić information content (AvgIpc) is 3.12. The van der Waals surface area contributed by atoms with Gasteiger partial charge in [0.15, 0.2) is 11.5 Å². The SMILES string of the molecule is COc1cc2c(cc1O)CCC1C2CC[C@]2(C)C(=O)C[C@H](CCCC(=O)NCc3ccccc3)C12. The third kappa shape index (κ3) is 4.46. The zero-order valence-electron chi connectivity index (χ0n) is 20.9. The zero-order chi connectivity index (χ0) is 24.6. The van der Waals surface area contributed by atoms with E-state index in [1.54, 1.807) is 7.11 Å². The number of ether oxygens (including phenoxy) is 1. The van der Waals surface area contributed by atoms with Gasteiger partial charge in [0, 0.05) is 24.8 Å². The van der Waals surface area contributed by atoms with E-state index in [9.17, 15) is 14.7 Å². The monoisotopic (exact) mass is 475 g/mol. The zero-order valence-corrected chi connectivity index (χ0v) is 20.9. The van der Waals surface area contributed by atoms with Gasteiger partial charge in [-0.15, -0.1) is 0 Å². The van der Waals surface area contributed by atoms with Crippen molar-refractivity contribution in [2.24, 2.45) is 23.2 Å². The fourth-order valence-corrected chi connectivity index (χ4v) is 7.49. The van der Waals surface area contributed by atoms with Gasteiger partial charge >= 0.3 is 0 Å². The summed E-state index contributed by atoms with van der Waals surface area (Å²) in [5.74, 6) is 2.86. The second kappa shape index (κ2) is 9.67. The van der Waals surface area contributed by atoms with Crippen molar-refractivity contribution in [3.8, 4) is 11.5 Å². The number of ketones is 1. The molecular formula is C30H37NO4. The Balaban J connectivity index is 1.26. The van der Waals surface area contributed by atoms with E-state index < -0.39 is 0 Å². The second-order valence-electron chi connectivity index (χ2n) is 11.1. The molecule has 186 valence electrons. The molecule has 0 heterocycles. The largest absolute Gasteiger partial charge is 0.504 e. The van der Waals surface area contributed by atoms with Crippen LogP contribution in [0.2, 0.25) is 0 Å². The van der Waals surface area contributed by atoms with E-state index in [0.29, 0.717) is 54.6 Å². The molecule has 0 aromatic heterocycles. The van der Waals surface area contributed by atoms with E-state index in [4.69, 9.17) is 4.74 Å². The summed E-state index contributed by atoms with van der Waals surface area (Å²) in [7, 11) is 1.60. The highest BCUT2D eigenvalue weighted by Crippen LogP contribution is 2.62. The van der Waals surface area contributed by atoms with E-state index in [-0.39, 0.29) is 17.1 Å². The molecule has 5 heteroatoms. The van der Waals surface area contributed by atoms with Crippen LogP contribution in [0.3, 0.4) is 0 Å². The number of fused-ring (bicyclic) bond motifs is 5. The Morgan fingerprint density at radius 1 is 1.20 bits per heavy atom. The van der Waals surface area contributed by atoms with Gasteiger partial charge in [-0.1, -0.05) is 37.3 Å². The molecule has 3 unspecified atom stereocenters. The summed E-state index contributed by atoms with van der Waals surface area (Å²) in [6.07, 6.45) is 6.85. The van der Waals surface area contributed by atoms with Crippen molar-refractivity contribution >= 4 is 11.7 Å². The van der Waals surface area contributed by atoms with Gasteiger partial charge in [0.1, 0.15) is 5.78 Å². The van der Waals surface area contributed by atoms with E-state index >= 15 is 0 Å². The van der Waals surface area contributed by atoms with Crippen LogP contribution < -0.4 is 10.1 Å². The number of rotatable bonds is 7. The van der Waals surface area contributed by atoms with Gasteiger partial charge in [0.2, 0.25) is 5.91 Å². The van der Waals surface area contributed by atoms with Crippen molar-refractivity contribution in [1.82, 2.24) is 5.32 Å². The minimum atomic E-state index is -0.236. The first kappa shape index (κ1) is 23.9. The van der Waals surface area contributed by atoms with Crippen LogP contribution in [-0.4, -0.2) is 23.9 Å². The molecule has 0 saturated heterocycles. The molecule has 2 fully saturated rings. The van der Waals surface area contributed by atoms with Crippen LogP contribution in [0.25, 0.3) is 0 Å². The molecule has 35 heavy (non-hydrogen) atoms. The van der Waals surface area contributed by atoms with E-state index in [2.05, 4.69) is 12.2 Å². The summed E-state index contributed by atoms with van der Waals surface area (Å²) >= 11 is 0. The van der Waals surface area contributed by atoms with Crippen LogP contribution in [0.1, 0.15) is 74.5 Å². The normalized spacial score (nSPS) is 29.1. The molecule has 0 radical (unpaired) electrons. The summed E-state index contributed by atoms with van der Waals surface area (Å²) in [6.45, 7) is 2.76. The maximum absolute atomic E-state index is 13.2. The number of hydrogen-bond donors (Lipinski definition) is 2. The first-order valence-corrected chi connectivity index (χ1v) is 13.1. The summed E-state index contributed by atoms with van der Waals surface area (Å²) in [5.41, 5.74) is 3.40. The number of carbonyl (C=O) groups is 2. The first-order valence-electron chi connectivity index (χ1n) is 13.1. The van der Waals surface area contributed by atoms with Gasteiger partial charge in [-0.25, -0.2) is 0 Å². The fourth-order valence-electron chi connectivity index (χ4n) is 7.49. The first-order chi connectivity index (χ1) is 16.9. The molecule has 2 aromatic rings. The second-order valence-corrected chi connectivity index (χ2v) is 11.1. The van der Waals surface area contributed by atoms with Gasteiger partial charge in [0.05, 0.1) is 7.11 Å². The average molecular weight is 476 g/mol. The number of carbonyl (C=O) groups excluding carboxylic acids is 2. The number of amides is 1. The lowest BCUT2D eigenvalue weighted by Gasteiger charge is -2.50. The standard InChI is InChI=1S/C30H37NO4/c1-30-14-13-22-23(12-11-20-15-25(32)26(35-2)17-24(20)22)29(30)21(16-27(30)33)9-6-10-28(34)31-18-19-7-4-3-5-8-19/h3-5,7-8,15,17,21-23,29,32H,6,9-14,16,18H2,1-2H3,(H,31,34)/t21-,22?,23?,29?,30+/m0/s1.